The Morgan fingerprint density at radius 3 is 3.00 bits per heavy atom. The van der Waals surface area contributed by atoms with Crippen LogP contribution in [0.3, 0.4) is 0 Å². The number of hydrogen-bond acceptors (Lipinski definition) is 3. The van der Waals surface area contributed by atoms with Gasteiger partial charge in [-0.15, -0.1) is 0 Å². The number of nitrogens with zero attached hydrogens (tertiary/aromatic N) is 1. The van der Waals surface area contributed by atoms with Gasteiger partial charge in [-0.3, -0.25) is 9.59 Å². The fraction of sp³-hybridized carbons (Fsp3) is 0.250. The molecule has 1 aliphatic carbocycles. The van der Waals surface area contributed by atoms with E-state index in [2.05, 4.69) is 15.3 Å². The van der Waals surface area contributed by atoms with Crippen molar-refractivity contribution in [1.29, 1.82) is 0 Å². The molecule has 2 aromatic rings. The summed E-state index contributed by atoms with van der Waals surface area (Å²) < 4.78 is 0. The van der Waals surface area contributed by atoms with Gasteiger partial charge in [-0.05, 0) is 25.0 Å². The average molecular weight is 229 g/mol. The number of fused-ring (bicyclic) bond motifs is 1. The first-order chi connectivity index (χ1) is 8.25. The molecule has 1 amide bonds. The molecule has 0 saturated heterocycles. The summed E-state index contributed by atoms with van der Waals surface area (Å²) in [6.45, 7) is 0. The SMILES string of the molecule is O=C(NC1CC1)c1cccc2c(=O)[nH]cnc12. The molecule has 3 rings (SSSR count). The maximum Gasteiger partial charge on any atom is 0.258 e. The number of carbonyl (C=O) groups is 1. The molecule has 1 heterocycles. The highest BCUT2D eigenvalue weighted by molar-refractivity contribution is 6.05. The Bertz CT molecular complexity index is 643. The Kier molecular flexibility index (Phi) is 2.18. The van der Waals surface area contributed by atoms with Crippen LogP contribution in [0.4, 0.5) is 0 Å². The lowest BCUT2D eigenvalue weighted by atomic mass is 10.1. The molecule has 1 aliphatic rings. The van der Waals surface area contributed by atoms with Crippen LogP contribution in [0.25, 0.3) is 10.9 Å². The zero-order chi connectivity index (χ0) is 11.8. The number of benzene rings is 1. The van der Waals surface area contributed by atoms with Gasteiger partial charge in [-0.1, -0.05) is 6.07 Å². The van der Waals surface area contributed by atoms with Crippen molar-refractivity contribution in [1.82, 2.24) is 15.3 Å². The summed E-state index contributed by atoms with van der Waals surface area (Å²) in [6.07, 6.45) is 3.38. The molecular weight excluding hydrogens is 218 g/mol. The minimum atomic E-state index is -0.226. The molecule has 0 spiro atoms. The second-order valence-corrected chi connectivity index (χ2v) is 4.18. The molecule has 0 atom stereocenters. The first-order valence-corrected chi connectivity index (χ1v) is 5.53. The van der Waals surface area contributed by atoms with Crippen molar-refractivity contribution in [3.8, 4) is 0 Å². The third-order valence-corrected chi connectivity index (χ3v) is 2.83. The predicted octanol–water partition coefficient (Wildman–Crippen LogP) is 0.815. The van der Waals surface area contributed by atoms with Crippen molar-refractivity contribution in [2.45, 2.75) is 18.9 Å². The fourth-order valence-electron chi connectivity index (χ4n) is 1.77. The van der Waals surface area contributed by atoms with Crippen LogP contribution >= 0.6 is 0 Å². The third-order valence-electron chi connectivity index (χ3n) is 2.83. The van der Waals surface area contributed by atoms with Crippen LogP contribution in [0.2, 0.25) is 0 Å². The third kappa shape index (κ3) is 1.80. The minimum absolute atomic E-state index is 0.156. The van der Waals surface area contributed by atoms with E-state index in [0.29, 0.717) is 22.5 Å². The number of rotatable bonds is 2. The molecule has 0 aliphatic heterocycles. The Balaban J connectivity index is 2.12. The van der Waals surface area contributed by atoms with Crippen LogP contribution < -0.4 is 10.9 Å². The first kappa shape index (κ1) is 10.0. The molecule has 0 bridgehead atoms. The second kappa shape index (κ2) is 3.69. The number of para-hydroxylation sites is 1. The number of hydrogen-bond donors (Lipinski definition) is 2. The quantitative estimate of drug-likeness (QED) is 0.800. The van der Waals surface area contributed by atoms with Gasteiger partial charge >= 0.3 is 0 Å². The van der Waals surface area contributed by atoms with E-state index in [-0.39, 0.29) is 11.5 Å². The maximum absolute atomic E-state index is 12.0. The highest BCUT2D eigenvalue weighted by Crippen LogP contribution is 2.20. The lowest BCUT2D eigenvalue weighted by Gasteiger charge is -2.05. The van der Waals surface area contributed by atoms with Crippen molar-refractivity contribution in [3.05, 3.63) is 40.4 Å². The van der Waals surface area contributed by atoms with Crippen LogP contribution in [0.15, 0.2) is 29.3 Å². The van der Waals surface area contributed by atoms with Crippen molar-refractivity contribution < 1.29 is 4.79 Å². The van der Waals surface area contributed by atoms with Crippen LogP contribution in [0, 0.1) is 0 Å². The normalized spacial score (nSPS) is 14.8. The van der Waals surface area contributed by atoms with E-state index >= 15 is 0 Å². The van der Waals surface area contributed by atoms with E-state index in [1.54, 1.807) is 18.2 Å². The van der Waals surface area contributed by atoms with Crippen molar-refractivity contribution in [3.63, 3.8) is 0 Å². The van der Waals surface area contributed by atoms with Gasteiger partial charge < -0.3 is 10.3 Å². The fourth-order valence-corrected chi connectivity index (χ4v) is 1.77. The van der Waals surface area contributed by atoms with Gasteiger partial charge in [0.2, 0.25) is 0 Å². The van der Waals surface area contributed by atoms with Gasteiger partial charge in [0, 0.05) is 6.04 Å². The van der Waals surface area contributed by atoms with E-state index < -0.39 is 0 Å². The summed E-state index contributed by atoms with van der Waals surface area (Å²) in [7, 11) is 0. The van der Waals surface area contributed by atoms with Crippen molar-refractivity contribution >= 4 is 16.8 Å². The number of H-pyrrole nitrogens is 1. The molecule has 17 heavy (non-hydrogen) atoms. The molecule has 5 heteroatoms. The zero-order valence-electron chi connectivity index (χ0n) is 9.06. The first-order valence-electron chi connectivity index (χ1n) is 5.53. The van der Waals surface area contributed by atoms with Crippen molar-refractivity contribution in [2.24, 2.45) is 0 Å². The number of aromatic amines is 1. The maximum atomic E-state index is 12.0. The van der Waals surface area contributed by atoms with Crippen LogP contribution in [0.1, 0.15) is 23.2 Å². The van der Waals surface area contributed by atoms with Gasteiger partial charge in [-0.25, -0.2) is 4.98 Å². The van der Waals surface area contributed by atoms with E-state index in [9.17, 15) is 9.59 Å². The molecule has 5 nitrogen and oxygen atoms in total. The van der Waals surface area contributed by atoms with E-state index in [1.165, 1.54) is 6.33 Å². The number of nitrogens with one attached hydrogen (secondary N) is 2. The standard InChI is InChI=1S/C12H11N3O2/c16-11-8-2-1-3-9(10(8)13-6-14-11)12(17)15-7-4-5-7/h1-3,6-7H,4-5H2,(H,15,17)(H,13,14,16). The Morgan fingerprint density at radius 2 is 2.24 bits per heavy atom. The predicted molar refractivity (Wildman–Crippen MR) is 62.9 cm³/mol. The summed E-state index contributed by atoms with van der Waals surface area (Å²) in [5, 5.41) is 3.33. The summed E-state index contributed by atoms with van der Waals surface area (Å²) in [6, 6.07) is 5.34. The monoisotopic (exact) mass is 229 g/mol. The number of amides is 1. The van der Waals surface area contributed by atoms with E-state index in [0.717, 1.165) is 12.8 Å². The lowest BCUT2D eigenvalue weighted by Crippen LogP contribution is -2.26. The largest absolute Gasteiger partial charge is 0.349 e. The summed E-state index contributed by atoms with van der Waals surface area (Å²) >= 11 is 0. The smallest absolute Gasteiger partial charge is 0.258 e. The van der Waals surface area contributed by atoms with Gasteiger partial charge in [-0.2, -0.15) is 0 Å². The molecule has 1 fully saturated rings. The average Bonchev–Trinajstić information content (AvgIpc) is 3.13. The van der Waals surface area contributed by atoms with Crippen LogP contribution in [-0.2, 0) is 0 Å². The summed E-state index contributed by atoms with van der Waals surface area (Å²) in [5.41, 5.74) is 0.686. The summed E-state index contributed by atoms with van der Waals surface area (Å²) in [5.74, 6) is -0.156. The van der Waals surface area contributed by atoms with E-state index in [1.807, 2.05) is 0 Å². The Hall–Kier alpha value is -2.17. The molecule has 86 valence electrons. The zero-order valence-corrected chi connectivity index (χ0v) is 9.06. The number of aromatic nitrogens is 2. The Morgan fingerprint density at radius 1 is 1.41 bits per heavy atom. The van der Waals surface area contributed by atoms with Crippen LogP contribution in [0.5, 0.6) is 0 Å². The van der Waals surface area contributed by atoms with Crippen molar-refractivity contribution in [2.75, 3.05) is 0 Å². The minimum Gasteiger partial charge on any atom is -0.349 e. The lowest BCUT2D eigenvalue weighted by molar-refractivity contribution is 0.0952. The van der Waals surface area contributed by atoms with Gasteiger partial charge in [0.25, 0.3) is 11.5 Å². The number of carbonyl (C=O) groups excluding carboxylic acids is 1. The topological polar surface area (TPSA) is 74.8 Å². The molecule has 1 saturated carbocycles. The van der Waals surface area contributed by atoms with Gasteiger partial charge in [0.05, 0.1) is 22.8 Å². The highest BCUT2D eigenvalue weighted by Gasteiger charge is 2.24. The highest BCUT2D eigenvalue weighted by atomic mass is 16.1. The molecule has 0 radical (unpaired) electrons. The van der Waals surface area contributed by atoms with E-state index in [4.69, 9.17) is 0 Å². The van der Waals surface area contributed by atoms with Gasteiger partial charge in [0.15, 0.2) is 0 Å². The Labute approximate surface area is 96.9 Å². The summed E-state index contributed by atoms with van der Waals surface area (Å²) in [4.78, 5) is 30.1. The molecular formula is C12H11N3O2. The molecule has 1 aromatic heterocycles. The molecule has 0 unspecified atom stereocenters. The molecule has 1 aromatic carbocycles. The molecule has 2 N–H and O–H groups in total. The second-order valence-electron chi connectivity index (χ2n) is 4.18. The van der Waals surface area contributed by atoms with Crippen LogP contribution in [-0.4, -0.2) is 21.9 Å². The van der Waals surface area contributed by atoms with Gasteiger partial charge in [0.1, 0.15) is 0 Å².